The fraction of sp³-hybridized carbons (Fsp3) is 1.00. The van der Waals surface area contributed by atoms with Gasteiger partial charge in [-0.3, -0.25) is 4.18 Å². The van der Waals surface area contributed by atoms with E-state index in [9.17, 15) is 0 Å². The topological polar surface area (TPSA) is 49.7 Å². The van der Waals surface area contributed by atoms with Crippen LogP contribution in [0.25, 0.3) is 0 Å². The van der Waals surface area contributed by atoms with Crippen LogP contribution in [0.3, 0.4) is 0 Å². The van der Waals surface area contributed by atoms with Crippen LogP contribution in [0.5, 0.6) is 0 Å². The van der Waals surface area contributed by atoms with Gasteiger partial charge in [0.05, 0.1) is 17.0 Å². The van der Waals surface area contributed by atoms with Crippen LogP contribution in [-0.4, -0.2) is 21.5 Å². The van der Waals surface area contributed by atoms with Crippen molar-refractivity contribution in [3.05, 3.63) is 0 Å². The molecule has 0 fully saturated rings. The molecule has 0 radical (unpaired) electrons. The molecule has 0 bridgehead atoms. The molecule has 0 atom stereocenters. The van der Waals surface area contributed by atoms with Gasteiger partial charge in [0.2, 0.25) is 0 Å². The minimum Gasteiger partial charge on any atom is -0.308 e. The maximum Gasteiger partial charge on any atom is 0.0807 e. The molecule has 0 saturated heterocycles. The normalized spacial score (nSPS) is 14.8. The predicted molar refractivity (Wildman–Crippen MR) is 35.0 cm³/mol. The highest BCUT2D eigenvalue weighted by Crippen LogP contribution is 2.35. The number of rotatable bonds is 2. The molecule has 3 nitrogen and oxygen atoms in total. The van der Waals surface area contributed by atoms with E-state index in [4.69, 9.17) is 9.11 Å². The van der Waals surface area contributed by atoms with E-state index in [2.05, 4.69) is 4.18 Å². The van der Waals surface area contributed by atoms with Gasteiger partial charge in [0.15, 0.2) is 0 Å². The Bertz CT molecular complexity index is 66.2. The second-order valence-corrected chi connectivity index (χ2v) is 3.63. The lowest BCUT2D eigenvalue weighted by molar-refractivity contribution is 0.212. The molecule has 0 aromatic carbocycles. The highest BCUT2D eigenvalue weighted by atomic mass is 32.3. The van der Waals surface area contributed by atoms with Crippen molar-refractivity contribution in [3.63, 3.8) is 0 Å². The maximum absolute atomic E-state index is 8.60. The first-order chi connectivity index (χ1) is 3.42. The van der Waals surface area contributed by atoms with Gasteiger partial charge < -0.3 is 9.11 Å². The van der Waals surface area contributed by atoms with Crippen LogP contribution in [0.1, 0.15) is 13.8 Å². The summed E-state index contributed by atoms with van der Waals surface area (Å²) in [7, 11) is -2.72. The van der Waals surface area contributed by atoms with Crippen molar-refractivity contribution in [2.45, 2.75) is 20.0 Å². The minimum absolute atomic E-state index is 0.120. The van der Waals surface area contributed by atoms with Gasteiger partial charge in [-0.25, -0.2) is 0 Å². The lowest BCUT2D eigenvalue weighted by Crippen LogP contribution is -2.06. The monoisotopic (exact) mass is 140 g/mol. The summed E-state index contributed by atoms with van der Waals surface area (Å²) >= 11 is 0. The Balaban J connectivity index is 3.39. The Labute approximate surface area is 51.2 Å². The third kappa shape index (κ3) is 6.23. The quantitative estimate of drug-likeness (QED) is 0.613. The van der Waals surface area contributed by atoms with Crippen LogP contribution in [0.4, 0.5) is 0 Å². The third-order valence-corrected chi connectivity index (χ3v) is 1.12. The van der Waals surface area contributed by atoms with Crippen molar-refractivity contribution in [3.8, 4) is 0 Å². The predicted octanol–water partition coefficient (Wildman–Crippen LogP) is 1.71. The third-order valence-electron chi connectivity index (χ3n) is 0.375. The van der Waals surface area contributed by atoms with Gasteiger partial charge in [-0.1, -0.05) is 0 Å². The molecular formula is C4H12O3S. The summed E-state index contributed by atoms with van der Waals surface area (Å²) in [6.45, 7) is 3.50. The van der Waals surface area contributed by atoms with Gasteiger partial charge in [-0.05, 0) is 13.8 Å². The van der Waals surface area contributed by atoms with E-state index in [1.807, 2.05) is 0 Å². The minimum atomic E-state index is -2.72. The fourth-order valence-electron chi connectivity index (χ4n) is 0.365. The van der Waals surface area contributed by atoms with Crippen LogP contribution in [0.2, 0.25) is 0 Å². The fourth-order valence-corrected chi connectivity index (χ4v) is 1.09. The average Bonchev–Trinajstić information content (AvgIpc) is 1.21. The van der Waals surface area contributed by atoms with Crippen molar-refractivity contribution in [2.24, 2.45) is 0 Å². The summed E-state index contributed by atoms with van der Waals surface area (Å²) in [6, 6.07) is 0. The molecule has 0 aliphatic rings. The Morgan fingerprint density at radius 3 is 1.75 bits per heavy atom. The Morgan fingerprint density at radius 1 is 1.38 bits per heavy atom. The zero-order valence-electron chi connectivity index (χ0n) is 5.29. The van der Waals surface area contributed by atoms with Gasteiger partial charge >= 0.3 is 0 Å². The first-order valence-corrected chi connectivity index (χ1v) is 4.21. The standard InChI is InChI=1S/C4H12O3S/c1-4(2)7-8(3,5)6/h4-6H,1-3H3. The van der Waals surface area contributed by atoms with Crippen LogP contribution in [0, 0.1) is 0 Å². The summed E-state index contributed by atoms with van der Waals surface area (Å²) < 4.78 is 21.8. The molecule has 0 aliphatic heterocycles. The zero-order valence-corrected chi connectivity index (χ0v) is 6.10. The summed E-state index contributed by atoms with van der Waals surface area (Å²) in [5.41, 5.74) is 0. The van der Waals surface area contributed by atoms with Crippen molar-refractivity contribution in [2.75, 3.05) is 6.26 Å². The van der Waals surface area contributed by atoms with E-state index in [-0.39, 0.29) is 6.10 Å². The van der Waals surface area contributed by atoms with E-state index in [1.165, 1.54) is 6.26 Å². The van der Waals surface area contributed by atoms with E-state index in [0.717, 1.165) is 0 Å². The van der Waals surface area contributed by atoms with E-state index in [1.54, 1.807) is 13.8 Å². The molecule has 0 aromatic rings. The Kier molecular flexibility index (Phi) is 2.76. The molecule has 2 N–H and O–H groups in total. The lowest BCUT2D eigenvalue weighted by atomic mass is 10.5. The SMILES string of the molecule is CC(C)OS(C)(O)O. The van der Waals surface area contributed by atoms with E-state index in [0.29, 0.717) is 0 Å². The van der Waals surface area contributed by atoms with E-state index < -0.39 is 10.9 Å². The van der Waals surface area contributed by atoms with Gasteiger partial charge in [-0.15, -0.1) is 0 Å². The molecule has 0 spiro atoms. The van der Waals surface area contributed by atoms with Crippen molar-refractivity contribution < 1.29 is 13.3 Å². The molecular weight excluding hydrogens is 128 g/mol. The molecule has 0 aliphatic carbocycles. The second kappa shape index (κ2) is 2.68. The van der Waals surface area contributed by atoms with Crippen molar-refractivity contribution >= 4 is 10.9 Å². The average molecular weight is 140 g/mol. The van der Waals surface area contributed by atoms with Gasteiger partial charge in [0, 0.05) is 6.26 Å². The number of hydrogen-bond donors (Lipinski definition) is 2. The molecule has 0 saturated carbocycles. The highest BCUT2D eigenvalue weighted by Gasteiger charge is 2.09. The zero-order chi connectivity index (χ0) is 6.78. The molecule has 0 heterocycles. The molecule has 4 heteroatoms. The second-order valence-electron chi connectivity index (χ2n) is 1.91. The maximum atomic E-state index is 8.60. The number of hydrogen-bond acceptors (Lipinski definition) is 3. The molecule has 0 unspecified atom stereocenters. The molecule has 0 aromatic heterocycles. The first kappa shape index (κ1) is 8.23. The summed E-state index contributed by atoms with van der Waals surface area (Å²) in [5.74, 6) is 0. The summed E-state index contributed by atoms with van der Waals surface area (Å²) in [5, 5.41) is 0. The smallest absolute Gasteiger partial charge is 0.0807 e. The van der Waals surface area contributed by atoms with Crippen molar-refractivity contribution in [1.82, 2.24) is 0 Å². The summed E-state index contributed by atoms with van der Waals surface area (Å²) in [4.78, 5) is 0. The van der Waals surface area contributed by atoms with E-state index >= 15 is 0 Å². The molecule has 52 valence electrons. The van der Waals surface area contributed by atoms with Gasteiger partial charge in [-0.2, -0.15) is 0 Å². The lowest BCUT2D eigenvalue weighted by Gasteiger charge is -2.23. The molecule has 8 heavy (non-hydrogen) atoms. The van der Waals surface area contributed by atoms with Crippen LogP contribution in [0.15, 0.2) is 0 Å². The highest BCUT2D eigenvalue weighted by molar-refractivity contribution is 8.19. The Morgan fingerprint density at radius 2 is 1.75 bits per heavy atom. The molecule has 0 rings (SSSR count). The summed E-state index contributed by atoms with van der Waals surface area (Å²) in [6.07, 6.45) is 1.14. The Hall–Kier alpha value is 0.230. The first-order valence-electron chi connectivity index (χ1n) is 2.33. The van der Waals surface area contributed by atoms with Gasteiger partial charge in [0.25, 0.3) is 0 Å². The largest absolute Gasteiger partial charge is 0.308 e. The van der Waals surface area contributed by atoms with Crippen LogP contribution in [-0.2, 0) is 4.18 Å². The van der Waals surface area contributed by atoms with Crippen molar-refractivity contribution in [1.29, 1.82) is 0 Å². The van der Waals surface area contributed by atoms with Gasteiger partial charge in [0.1, 0.15) is 0 Å². The van der Waals surface area contributed by atoms with Crippen LogP contribution < -0.4 is 0 Å². The van der Waals surface area contributed by atoms with Crippen LogP contribution >= 0.6 is 10.9 Å². The molecule has 0 amide bonds.